The Morgan fingerprint density at radius 1 is 1.36 bits per heavy atom. The van der Waals surface area contributed by atoms with Crippen LogP contribution in [-0.4, -0.2) is 50.5 Å². The van der Waals surface area contributed by atoms with Gasteiger partial charge in [0.25, 0.3) is 5.91 Å². The van der Waals surface area contributed by atoms with E-state index < -0.39 is 22.8 Å². The summed E-state index contributed by atoms with van der Waals surface area (Å²) in [5.41, 5.74) is -0.0866. The Hall–Kier alpha value is -3.44. The molecule has 2 heterocycles. The van der Waals surface area contributed by atoms with Crippen LogP contribution in [0.4, 0.5) is 11.4 Å². The molecule has 0 aliphatic rings. The maximum absolute atomic E-state index is 12.4. The van der Waals surface area contributed by atoms with Crippen LogP contribution in [0.15, 0.2) is 12.4 Å². The molecule has 0 saturated carbocycles. The number of carbonyl (C=O) groups is 2. The van der Waals surface area contributed by atoms with Crippen molar-refractivity contribution >= 4 is 23.2 Å². The van der Waals surface area contributed by atoms with E-state index in [4.69, 9.17) is 4.74 Å². The minimum absolute atomic E-state index is 0.0505. The van der Waals surface area contributed by atoms with Crippen molar-refractivity contribution in [3.63, 3.8) is 0 Å². The summed E-state index contributed by atoms with van der Waals surface area (Å²) in [6, 6.07) is -0.889. The fourth-order valence-corrected chi connectivity index (χ4v) is 2.06. The number of rotatable bonds is 6. The second kappa shape index (κ2) is 6.98. The number of methoxy groups -OCH3 is 1. The van der Waals surface area contributed by atoms with E-state index in [0.717, 1.165) is 10.9 Å². The van der Waals surface area contributed by atoms with E-state index in [2.05, 4.69) is 20.8 Å². The number of aryl methyl sites for hydroxylation is 1. The quantitative estimate of drug-likeness (QED) is 0.554. The zero-order chi connectivity index (χ0) is 18.7. The Kier molecular flexibility index (Phi) is 5.00. The number of nitrogens with one attached hydrogen (secondary N) is 2. The van der Waals surface area contributed by atoms with Crippen molar-refractivity contribution in [1.82, 2.24) is 24.9 Å². The highest BCUT2D eigenvalue weighted by Gasteiger charge is 2.26. The zero-order valence-electron chi connectivity index (χ0n) is 14.0. The van der Waals surface area contributed by atoms with Crippen molar-refractivity contribution in [3.8, 4) is 5.88 Å². The van der Waals surface area contributed by atoms with Crippen molar-refractivity contribution in [2.45, 2.75) is 13.0 Å². The van der Waals surface area contributed by atoms with E-state index in [1.807, 2.05) is 0 Å². The van der Waals surface area contributed by atoms with Crippen molar-refractivity contribution in [3.05, 3.63) is 28.2 Å². The molecule has 2 amide bonds. The lowest BCUT2D eigenvalue weighted by Crippen LogP contribution is -2.26. The molecule has 2 aromatic heterocycles. The summed E-state index contributed by atoms with van der Waals surface area (Å²) in [5, 5.41) is 23.8. The lowest BCUT2D eigenvalue weighted by atomic mass is 10.3. The number of ether oxygens (including phenoxy) is 1. The lowest BCUT2D eigenvalue weighted by Gasteiger charge is -2.11. The summed E-state index contributed by atoms with van der Waals surface area (Å²) in [6.07, 6.45) is 2.58. The van der Waals surface area contributed by atoms with Crippen LogP contribution in [0.5, 0.6) is 5.88 Å². The largest absolute Gasteiger partial charge is 0.475 e. The third kappa shape index (κ3) is 3.57. The molecule has 25 heavy (non-hydrogen) atoms. The molecule has 2 aromatic rings. The van der Waals surface area contributed by atoms with E-state index in [1.54, 1.807) is 7.05 Å². The van der Waals surface area contributed by atoms with Gasteiger partial charge in [-0.1, -0.05) is 0 Å². The van der Waals surface area contributed by atoms with Gasteiger partial charge in [0.05, 0.1) is 17.7 Å². The van der Waals surface area contributed by atoms with Crippen LogP contribution < -0.4 is 15.4 Å². The minimum atomic E-state index is -0.889. The Labute approximate surface area is 141 Å². The molecular weight excluding hydrogens is 334 g/mol. The van der Waals surface area contributed by atoms with Crippen LogP contribution >= 0.6 is 0 Å². The highest BCUT2D eigenvalue weighted by atomic mass is 16.6. The highest BCUT2D eigenvalue weighted by molar-refractivity contribution is 6.02. The van der Waals surface area contributed by atoms with Crippen molar-refractivity contribution in [1.29, 1.82) is 0 Å². The number of aromatic nitrogens is 4. The molecule has 0 spiro atoms. The molecule has 1 unspecified atom stereocenters. The van der Waals surface area contributed by atoms with Gasteiger partial charge in [-0.15, -0.1) is 5.10 Å². The number of carbonyl (C=O) groups excluding carboxylic acids is 2. The van der Waals surface area contributed by atoms with Crippen LogP contribution in [0, 0.1) is 10.1 Å². The van der Waals surface area contributed by atoms with Crippen LogP contribution in [0.1, 0.15) is 23.5 Å². The molecule has 2 N–H and O–H groups in total. The van der Waals surface area contributed by atoms with Gasteiger partial charge in [-0.05, 0) is 6.92 Å². The molecule has 0 aliphatic heterocycles. The van der Waals surface area contributed by atoms with E-state index in [9.17, 15) is 19.7 Å². The maximum atomic E-state index is 12.4. The van der Waals surface area contributed by atoms with Crippen LogP contribution in [-0.2, 0) is 11.8 Å². The predicted octanol–water partition coefficient (Wildman–Crippen LogP) is 0.0927. The number of anilines is 1. The van der Waals surface area contributed by atoms with Crippen molar-refractivity contribution in [2.75, 3.05) is 19.5 Å². The molecule has 0 bridgehead atoms. The summed E-state index contributed by atoms with van der Waals surface area (Å²) in [6.45, 7) is 1.50. The second-order valence-electron chi connectivity index (χ2n) is 5.07. The standard InChI is InChI=1S/C13H17N7O5/c1-7(19-6-9(20(23)24)13(17-19)25-4)11(21)15-8-5-18(3)16-10(8)12(22)14-2/h5-7H,1-4H3,(H,14,22)(H,15,21). The summed E-state index contributed by atoms with van der Waals surface area (Å²) in [7, 11) is 4.29. The van der Waals surface area contributed by atoms with Crippen LogP contribution in [0.3, 0.4) is 0 Å². The number of nitrogens with zero attached hydrogens (tertiary/aromatic N) is 5. The van der Waals surface area contributed by atoms with E-state index in [0.29, 0.717) is 0 Å². The number of hydrogen-bond acceptors (Lipinski definition) is 7. The Balaban J connectivity index is 2.24. The molecular formula is C13H17N7O5. The predicted molar refractivity (Wildman–Crippen MR) is 85.4 cm³/mol. The van der Waals surface area contributed by atoms with E-state index >= 15 is 0 Å². The molecule has 0 radical (unpaired) electrons. The summed E-state index contributed by atoms with van der Waals surface area (Å²) >= 11 is 0. The van der Waals surface area contributed by atoms with Gasteiger partial charge in [0, 0.05) is 20.3 Å². The number of amides is 2. The summed E-state index contributed by atoms with van der Waals surface area (Å²) in [5.74, 6) is -1.18. The highest BCUT2D eigenvalue weighted by Crippen LogP contribution is 2.26. The molecule has 1 atom stereocenters. The average molecular weight is 351 g/mol. The van der Waals surface area contributed by atoms with Crippen LogP contribution in [0.2, 0.25) is 0 Å². The fraction of sp³-hybridized carbons (Fsp3) is 0.385. The molecule has 0 aliphatic carbocycles. The monoisotopic (exact) mass is 351 g/mol. The second-order valence-corrected chi connectivity index (χ2v) is 5.07. The van der Waals surface area contributed by atoms with Gasteiger partial charge in [-0.25, -0.2) is 4.68 Å². The molecule has 134 valence electrons. The fourth-order valence-electron chi connectivity index (χ4n) is 2.06. The normalized spacial score (nSPS) is 11.7. The topological polar surface area (TPSA) is 146 Å². The molecule has 12 heteroatoms. The van der Waals surface area contributed by atoms with Gasteiger partial charge < -0.3 is 15.4 Å². The zero-order valence-corrected chi connectivity index (χ0v) is 14.0. The third-order valence-corrected chi connectivity index (χ3v) is 3.38. The Morgan fingerprint density at radius 2 is 2.04 bits per heavy atom. The smallest absolute Gasteiger partial charge is 0.350 e. The number of hydrogen-bond donors (Lipinski definition) is 2. The first-order valence-electron chi connectivity index (χ1n) is 7.12. The molecule has 12 nitrogen and oxygen atoms in total. The molecule has 0 fully saturated rings. The van der Waals surface area contributed by atoms with Crippen LogP contribution in [0.25, 0.3) is 0 Å². The van der Waals surface area contributed by atoms with Crippen molar-refractivity contribution < 1.29 is 19.2 Å². The first-order chi connectivity index (χ1) is 11.8. The van der Waals surface area contributed by atoms with Gasteiger partial charge in [0.15, 0.2) is 5.69 Å². The van der Waals surface area contributed by atoms with Gasteiger partial charge in [0.1, 0.15) is 12.2 Å². The average Bonchev–Trinajstić information content (AvgIpc) is 3.16. The van der Waals surface area contributed by atoms with Gasteiger partial charge in [-0.3, -0.25) is 24.4 Å². The van der Waals surface area contributed by atoms with Gasteiger partial charge in [-0.2, -0.15) is 5.10 Å². The molecule has 2 rings (SSSR count). The van der Waals surface area contributed by atoms with Crippen molar-refractivity contribution in [2.24, 2.45) is 7.05 Å². The Morgan fingerprint density at radius 3 is 2.56 bits per heavy atom. The van der Waals surface area contributed by atoms with Gasteiger partial charge in [0.2, 0.25) is 5.91 Å². The third-order valence-electron chi connectivity index (χ3n) is 3.38. The van der Waals surface area contributed by atoms with E-state index in [1.165, 1.54) is 32.0 Å². The SMILES string of the molecule is CNC(=O)c1nn(C)cc1NC(=O)C(C)n1cc([N+](=O)[O-])c(OC)n1. The lowest BCUT2D eigenvalue weighted by molar-refractivity contribution is -0.385. The number of nitro groups is 1. The van der Waals surface area contributed by atoms with Gasteiger partial charge >= 0.3 is 11.6 Å². The first-order valence-corrected chi connectivity index (χ1v) is 7.12. The molecule has 0 aromatic carbocycles. The van der Waals surface area contributed by atoms with E-state index in [-0.39, 0.29) is 22.9 Å². The summed E-state index contributed by atoms with van der Waals surface area (Å²) < 4.78 is 7.33. The maximum Gasteiger partial charge on any atom is 0.350 e. The summed E-state index contributed by atoms with van der Waals surface area (Å²) in [4.78, 5) is 34.5. The molecule has 0 saturated heterocycles. The first kappa shape index (κ1) is 17.9. The minimum Gasteiger partial charge on any atom is -0.475 e. The Bertz CT molecular complexity index is 825.